The Bertz CT molecular complexity index is 481. The number of nitrogens with zero attached hydrogens (tertiary/aromatic N) is 1. The number of aliphatic hydroxyl groups excluding tert-OH is 1. The molecular formula is C10H12N2OS2. The first kappa shape index (κ1) is 10.7. The zero-order valence-corrected chi connectivity index (χ0v) is 9.99. The summed E-state index contributed by atoms with van der Waals surface area (Å²) in [6.07, 6.45) is 0. The maximum Gasteiger partial charge on any atom is 0.181 e. The number of aliphatic hydroxyl groups is 1. The Labute approximate surface area is 96.3 Å². The first-order chi connectivity index (χ1) is 7.20. The average molecular weight is 240 g/mol. The fraction of sp³-hybridized carbons (Fsp3) is 0.300. The number of nitrogen functional groups attached to an aromatic ring is 1. The molecule has 0 aliphatic heterocycles. The zero-order chi connectivity index (χ0) is 10.8. The maximum atomic E-state index is 8.76. The number of aryl methyl sites for hydroxylation is 1. The molecule has 80 valence electrons. The molecule has 0 bridgehead atoms. The van der Waals surface area contributed by atoms with Crippen LogP contribution in [0.3, 0.4) is 0 Å². The lowest BCUT2D eigenvalue weighted by molar-refractivity contribution is 0.322. The highest BCUT2D eigenvalue weighted by molar-refractivity contribution is 7.99. The van der Waals surface area contributed by atoms with Crippen molar-refractivity contribution in [2.75, 3.05) is 18.1 Å². The van der Waals surface area contributed by atoms with Crippen LogP contribution in [-0.4, -0.2) is 22.5 Å². The van der Waals surface area contributed by atoms with Crippen molar-refractivity contribution in [3.63, 3.8) is 0 Å². The quantitative estimate of drug-likeness (QED) is 0.808. The van der Waals surface area contributed by atoms with Gasteiger partial charge in [-0.05, 0) is 24.6 Å². The van der Waals surface area contributed by atoms with E-state index in [1.54, 1.807) is 11.8 Å². The summed E-state index contributed by atoms with van der Waals surface area (Å²) in [5, 5.41) is 9.37. The van der Waals surface area contributed by atoms with E-state index in [4.69, 9.17) is 10.8 Å². The van der Waals surface area contributed by atoms with Gasteiger partial charge in [0.1, 0.15) is 0 Å². The number of rotatable bonds is 3. The normalized spacial score (nSPS) is 11.1. The Hall–Kier alpha value is -0.780. The van der Waals surface area contributed by atoms with Gasteiger partial charge in [0.05, 0.1) is 16.8 Å². The SMILES string of the molecule is Cc1cc(SCCO)cc2sc(N)nc12. The molecule has 0 unspecified atom stereocenters. The largest absolute Gasteiger partial charge is 0.396 e. The van der Waals surface area contributed by atoms with Gasteiger partial charge >= 0.3 is 0 Å². The molecule has 1 aromatic heterocycles. The zero-order valence-electron chi connectivity index (χ0n) is 8.36. The predicted octanol–water partition coefficient (Wildman–Crippen LogP) is 2.27. The summed E-state index contributed by atoms with van der Waals surface area (Å²) in [6.45, 7) is 2.23. The summed E-state index contributed by atoms with van der Waals surface area (Å²) in [5.41, 5.74) is 7.80. The third-order valence-electron chi connectivity index (χ3n) is 2.04. The van der Waals surface area contributed by atoms with Gasteiger partial charge in [-0.1, -0.05) is 11.3 Å². The molecule has 2 rings (SSSR count). The van der Waals surface area contributed by atoms with E-state index in [0.717, 1.165) is 26.4 Å². The Morgan fingerprint density at radius 1 is 1.53 bits per heavy atom. The van der Waals surface area contributed by atoms with Crippen LogP contribution in [0, 0.1) is 6.92 Å². The topological polar surface area (TPSA) is 59.1 Å². The molecule has 0 aliphatic rings. The minimum absolute atomic E-state index is 0.201. The van der Waals surface area contributed by atoms with E-state index in [-0.39, 0.29) is 6.61 Å². The summed E-state index contributed by atoms with van der Waals surface area (Å²) in [5.74, 6) is 0.721. The number of nitrogens with two attached hydrogens (primary N) is 1. The first-order valence-electron chi connectivity index (χ1n) is 4.61. The number of hydrogen-bond acceptors (Lipinski definition) is 5. The molecule has 0 saturated carbocycles. The van der Waals surface area contributed by atoms with E-state index >= 15 is 0 Å². The van der Waals surface area contributed by atoms with Gasteiger partial charge in [-0.2, -0.15) is 0 Å². The Balaban J connectivity index is 2.42. The van der Waals surface area contributed by atoms with Gasteiger partial charge in [-0.15, -0.1) is 11.8 Å². The van der Waals surface area contributed by atoms with Crippen molar-refractivity contribution in [3.8, 4) is 0 Å². The molecule has 0 saturated heterocycles. The maximum absolute atomic E-state index is 8.76. The van der Waals surface area contributed by atoms with Crippen LogP contribution in [0.25, 0.3) is 10.2 Å². The number of hydrogen-bond donors (Lipinski definition) is 2. The second-order valence-corrected chi connectivity index (χ2v) is 5.44. The predicted molar refractivity (Wildman–Crippen MR) is 66.6 cm³/mol. The molecule has 15 heavy (non-hydrogen) atoms. The second-order valence-electron chi connectivity index (χ2n) is 3.21. The van der Waals surface area contributed by atoms with E-state index in [9.17, 15) is 0 Å². The smallest absolute Gasteiger partial charge is 0.181 e. The lowest BCUT2D eigenvalue weighted by Crippen LogP contribution is -1.86. The number of benzene rings is 1. The monoisotopic (exact) mass is 240 g/mol. The summed E-state index contributed by atoms with van der Waals surface area (Å²) >= 11 is 3.15. The molecular weight excluding hydrogens is 228 g/mol. The van der Waals surface area contributed by atoms with Gasteiger partial charge in [0.25, 0.3) is 0 Å². The van der Waals surface area contributed by atoms with E-state index in [1.807, 2.05) is 6.92 Å². The standard InChI is InChI=1S/C10H12N2OS2/c1-6-4-7(14-3-2-13)5-8-9(6)12-10(11)15-8/h4-5,13H,2-3H2,1H3,(H2,11,12). The first-order valence-corrected chi connectivity index (χ1v) is 6.41. The molecule has 0 aliphatic carbocycles. The van der Waals surface area contributed by atoms with Gasteiger partial charge in [0.15, 0.2) is 5.13 Å². The van der Waals surface area contributed by atoms with E-state index in [2.05, 4.69) is 17.1 Å². The minimum atomic E-state index is 0.201. The molecule has 3 nitrogen and oxygen atoms in total. The third-order valence-corrected chi connectivity index (χ3v) is 3.82. The van der Waals surface area contributed by atoms with Crippen LogP contribution in [-0.2, 0) is 0 Å². The number of fused-ring (bicyclic) bond motifs is 1. The molecule has 0 fully saturated rings. The van der Waals surface area contributed by atoms with Crippen molar-refractivity contribution in [3.05, 3.63) is 17.7 Å². The molecule has 0 spiro atoms. The van der Waals surface area contributed by atoms with E-state index < -0.39 is 0 Å². The molecule has 2 aromatic rings. The Morgan fingerprint density at radius 3 is 3.07 bits per heavy atom. The summed E-state index contributed by atoms with van der Waals surface area (Å²) in [4.78, 5) is 5.44. The third kappa shape index (κ3) is 2.25. The number of aromatic nitrogens is 1. The average Bonchev–Trinajstić information content (AvgIpc) is 2.56. The van der Waals surface area contributed by atoms with Crippen LogP contribution >= 0.6 is 23.1 Å². The highest BCUT2D eigenvalue weighted by Gasteiger charge is 2.06. The molecule has 0 amide bonds. The van der Waals surface area contributed by atoms with Gasteiger partial charge in [0.2, 0.25) is 0 Å². The fourth-order valence-electron chi connectivity index (χ4n) is 1.43. The van der Waals surface area contributed by atoms with Gasteiger partial charge in [-0.25, -0.2) is 4.98 Å². The van der Waals surface area contributed by atoms with Gasteiger partial charge in [-0.3, -0.25) is 0 Å². The highest BCUT2D eigenvalue weighted by Crippen LogP contribution is 2.31. The van der Waals surface area contributed by atoms with Gasteiger partial charge in [0, 0.05) is 10.6 Å². The molecule has 0 radical (unpaired) electrons. The summed E-state index contributed by atoms with van der Waals surface area (Å²) in [6, 6.07) is 4.17. The van der Waals surface area contributed by atoms with Crippen molar-refractivity contribution in [2.24, 2.45) is 0 Å². The van der Waals surface area contributed by atoms with Crippen LogP contribution in [0.5, 0.6) is 0 Å². The Morgan fingerprint density at radius 2 is 2.33 bits per heavy atom. The second kappa shape index (κ2) is 4.38. The van der Waals surface area contributed by atoms with E-state index in [0.29, 0.717) is 5.13 Å². The van der Waals surface area contributed by atoms with Crippen molar-refractivity contribution >= 4 is 38.4 Å². The van der Waals surface area contributed by atoms with Crippen LogP contribution in [0.4, 0.5) is 5.13 Å². The van der Waals surface area contributed by atoms with E-state index in [1.165, 1.54) is 11.3 Å². The van der Waals surface area contributed by atoms with Crippen molar-refractivity contribution in [1.29, 1.82) is 0 Å². The van der Waals surface area contributed by atoms with Crippen molar-refractivity contribution < 1.29 is 5.11 Å². The number of thioether (sulfide) groups is 1. The lowest BCUT2D eigenvalue weighted by atomic mass is 10.2. The molecule has 3 N–H and O–H groups in total. The van der Waals surface area contributed by atoms with Crippen LogP contribution < -0.4 is 5.73 Å². The van der Waals surface area contributed by atoms with Gasteiger partial charge < -0.3 is 10.8 Å². The Kier molecular flexibility index (Phi) is 3.14. The van der Waals surface area contributed by atoms with Crippen molar-refractivity contribution in [1.82, 2.24) is 4.98 Å². The molecule has 1 aromatic carbocycles. The van der Waals surface area contributed by atoms with Crippen LogP contribution in [0.2, 0.25) is 0 Å². The molecule has 5 heteroatoms. The number of thiazole rings is 1. The summed E-state index contributed by atoms with van der Waals surface area (Å²) < 4.78 is 1.12. The van der Waals surface area contributed by atoms with Crippen LogP contribution in [0.1, 0.15) is 5.56 Å². The lowest BCUT2D eigenvalue weighted by Gasteiger charge is -2.01. The van der Waals surface area contributed by atoms with Crippen LogP contribution in [0.15, 0.2) is 17.0 Å². The molecule has 1 heterocycles. The fourth-order valence-corrected chi connectivity index (χ4v) is 3.14. The molecule has 0 atom stereocenters. The highest BCUT2D eigenvalue weighted by atomic mass is 32.2. The summed E-state index contributed by atoms with van der Waals surface area (Å²) in [7, 11) is 0. The van der Waals surface area contributed by atoms with Crippen molar-refractivity contribution in [2.45, 2.75) is 11.8 Å². The minimum Gasteiger partial charge on any atom is -0.396 e. The number of anilines is 1.